The second-order valence-corrected chi connectivity index (χ2v) is 4.82. The van der Waals surface area contributed by atoms with E-state index in [1.807, 2.05) is 0 Å². The molecule has 1 aliphatic carbocycles. The Morgan fingerprint density at radius 2 is 2.14 bits per heavy atom. The van der Waals surface area contributed by atoms with Crippen LogP contribution < -0.4 is 0 Å². The maximum atomic E-state index is 13.5. The van der Waals surface area contributed by atoms with Crippen LogP contribution in [0.5, 0.6) is 0 Å². The second-order valence-electron chi connectivity index (χ2n) is 3.62. The molecule has 1 aromatic rings. The van der Waals surface area contributed by atoms with Gasteiger partial charge in [-0.15, -0.1) is 11.7 Å². The average molecular weight is 230 g/mol. The second kappa shape index (κ2) is 3.76. The van der Waals surface area contributed by atoms with E-state index in [-0.39, 0.29) is 5.82 Å². The van der Waals surface area contributed by atoms with Crippen molar-refractivity contribution < 1.29 is 9.50 Å². The molecule has 1 fully saturated rings. The molecule has 4 heteroatoms. The molecule has 0 atom stereocenters. The van der Waals surface area contributed by atoms with Crippen LogP contribution in [0.25, 0.3) is 0 Å². The Balaban J connectivity index is 2.35. The third-order valence-electron chi connectivity index (χ3n) is 2.73. The van der Waals surface area contributed by atoms with Gasteiger partial charge in [0.25, 0.3) is 0 Å². The van der Waals surface area contributed by atoms with Gasteiger partial charge in [-0.3, -0.25) is 0 Å². The fourth-order valence-corrected chi connectivity index (χ4v) is 2.34. The normalized spacial score (nSPS) is 19.1. The molecule has 0 aromatic heterocycles. The van der Waals surface area contributed by atoms with Crippen molar-refractivity contribution in [2.45, 2.75) is 29.8 Å². The van der Waals surface area contributed by atoms with E-state index in [1.54, 1.807) is 12.1 Å². The Kier molecular flexibility index (Phi) is 2.77. The van der Waals surface area contributed by atoms with E-state index < -0.39 is 5.60 Å². The van der Waals surface area contributed by atoms with Gasteiger partial charge < -0.3 is 5.11 Å². The molecular weight excluding hydrogens is 219 g/mol. The largest absolute Gasteiger partial charge is 0.385 e. The summed E-state index contributed by atoms with van der Waals surface area (Å²) in [6.45, 7) is 0. The van der Waals surface area contributed by atoms with Crippen LogP contribution in [-0.4, -0.2) is 5.11 Å². The molecule has 14 heavy (non-hydrogen) atoms. The molecule has 1 aliphatic rings. The first kappa shape index (κ1) is 10.3. The van der Waals surface area contributed by atoms with E-state index in [4.69, 9.17) is 0 Å². The Bertz CT molecular complexity index is 350. The fourth-order valence-electron chi connectivity index (χ4n) is 1.71. The zero-order chi connectivity index (χ0) is 10.2. The van der Waals surface area contributed by atoms with Gasteiger partial charge in [-0.1, -0.05) is 16.9 Å². The number of aliphatic hydroxyl groups is 1. The summed E-state index contributed by atoms with van der Waals surface area (Å²) in [7, 11) is 1.20. The minimum absolute atomic E-state index is 0.328. The summed E-state index contributed by atoms with van der Waals surface area (Å²) in [6.07, 6.45) is 2.30. The number of benzene rings is 1. The lowest BCUT2D eigenvalue weighted by Gasteiger charge is -2.37. The molecule has 0 radical (unpaired) electrons. The van der Waals surface area contributed by atoms with Crippen molar-refractivity contribution in [3.05, 3.63) is 29.6 Å². The minimum atomic E-state index is -0.913. The van der Waals surface area contributed by atoms with E-state index >= 15 is 0 Å². The molecule has 0 bridgehead atoms. The van der Waals surface area contributed by atoms with Crippen molar-refractivity contribution in [2.24, 2.45) is 0 Å². The van der Waals surface area contributed by atoms with Crippen molar-refractivity contribution in [2.75, 3.05) is 0 Å². The smallest absolute Gasteiger partial charge is 0.130 e. The van der Waals surface area contributed by atoms with Gasteiger partial charge in [0.2, 0.25) is 0 Å². The fraction of sp³-hybridized carbons (Fsp3) is 0.400. The van der Waals surface area contributed by atoms with E-state index in [1.165, 1.54) is 16.9 Å². The zero-order valence-corrected chi connectivity index (χ0v) is 9.24. The van der Waals surface area contributed by atoms with Gasteiger partial charge in [0.15, 0.2) is 0 Å². The summed E-state index contributed by atoms with van der Waals surface area (Å²) < 4.78 is 13.5. The monoisotopic (exact) mass is 230 g/mol. The van der Waals surface area contributed by atoms with Crippen LogP contribution in [0.2, 0.25) is 0 Å². The van der Waals surface area contributed by atoms with E-state index in [0.29, 0.717) is 18.4 Å². The van der Waals surface area contributed by atoms with Gasteiger partial charge in [0.1, 0.15) is 5.82 Å². The molecule has 0 amide bonds. The Morgan fingerprint density at radius 3 is 2.57 bits per heavy atom. The highest BCUT2D eigenvalue weighted by Gasteiger charge is 2.38. The summed E-state index contributed by atoms with van der Waals surface area (Å²) in [5, 5.41) is 9.96. The topological polar surface area (TPSA) is 20.2 Å². The van der Waals surface area contributed by atoms with Gasteiger partial charge in [0.05, 0.1) is 5.60 Å². The molecule has 0 heterocycles. The average Bonchev–Trinajstić information content (AvgIpc) is 2.14. The highest BCUT2D eigenvalue weighted by molar-refractivity contribution is 8.68. The van der Waals surface area contributed by atoms with E-state index in [0.717, 1.165) is 11.3 Å². The highest BCUT2D eigenvalue weighted by atomic mass is 33.1. The minimum Gasteiger partial charge on any atom is -0.385 e. The lowest BCUT2D eigenvalue weighted by Crippen LogP contribution is -2.34. The Morgan fingerprint density at radius 1 is 1.43 bits per heavy atom. The van der Waals surface area contributed by atoms with Gasteiger partial charge in [-0.25, -0.2) is 4.39 Å². The molecule has 0 aliphatic heterocycles. The van der Waals surface area contributed by atoms with Crippen LogP contribution >= 0.6 is 22.5 Å². The third-order valence-corrected chi connectivity index (χ3v) is 3.83. The molecular formula is C10H11FOS2. The molecule has 1 nitrogen and oxygen atoms in total. The van der Waals surface area contributed by atoms with Crippen LogP contribution in [0, 0.1) is 5.82 Å². The Hall–Kier alpha value is -0.190. The first-order valence-electron chi connectivity index (χ1n) is 4.49. The van der Waals surface area contributed by atoms with Gasteiger partial charge in [-0.2, -0.15) is 0 Å². The lowest BCUT2D eigenvalue weighted by atomic mass is 9.75. The van der Waals surface area contributed by atoms with Gasteiger partial charge in [-0.05, 0) is 31.4 Å². The highest BCUT2D eigenvalue weighted by Crippen LogP contribution is 2.42. The van der Waals surface area contributed by atoms with Crippen molar-refractivity contribution >= 4 is 22.5 Å². The number of hydrogen-bond acceptors (Lipinski definition) is 3. The van der Waals surface area contributed by atoms with E-state index in [2.05, 4.69) is 11.7 Å². The molecule has 1 aromatic carbocycles. The van der Waals surface area contributed by atoms with Crippen molar-refractivity contribution in [3.63, 3.8) is 0 Å². The molecule has 1 saturated carbocycles. The SMILES string of the molecule is OC1(c2ccc(SS)cc2F)CCC1. The first-order chi connectivity index (χ1) is 6.65. The molecule has 0 saturated heterocycles. The van der Waals surface area contributed by atoms with Crippen molar-refractivity contribution in [1.82, 2.24) is 0 Å². The summed E-state index contributed by atoms with van der Waals surface area (Å²) in [5.74, 6) is -0.328. The number of halogens is 1. The maximum absolute atomic E-state index is 13.5. The maximum Gasteiger partial charge on any atom is 0.130 e. The molecule has 1 N–H and O–H groups in total. The summed E-state index contributed by atoms with van der Waals surface area (Å²) in [5.41, 5.74) is -0.487. The molecule has 0 unspecified atom stereocenters. The standard InChI is InChI=1S/C10H11FOS2/c11-9-6-7(14-13)2-3-8(9)10(12)4-1-5-10/h2-3,6,12-13H,1,4-5H2. The summed E-state index contributed by atoms with van der Waals surface area (Å²) in [4.78, 5) is 0.762. The van der Waals surface area contributed by atoms with Crippen LogP contribution in [0.3, 0.4) is 0 Å². The number of hydrogen-bond donors (Lipinski definition) is 2. The van der Waals surface area contributed by atoms with E-state index in [9.17, 15) is 9.50 Å². The molecule has 2 rings (SSSR count). The van der Waals surface area contributed by atoms with Crippen LogP contribution in [0.4, 0.5) is 4.39 Å². The molecule has 76 valence electrons. The summed E-state index contributed by atoms with van der Waals surface area (Å²) >= 11 is 3.99. The van der Waals surface area contributed by atoms with Crippen LogP contribution in [0.1, 0.15) is 24.8 Å². The van der Waals surface area contributed by atoms with Gasteiger partial charge in [0, 0.05) is 10.5 Å². The lowest BCUT2D eigenvalue weighted by molar-refractivity contribution is -0.0417. The number of rotatable bonds is 2. The van der Waals surface area contributed by atoms with Crippen LogP contribution in [-0.2, 0) is 5.60 Å². The predicted molar refractivity (Wildman–Crippen MR) is 59.0 cm³/mol. The number of thiol groups is 1. The molecule has 0 spiro atoms. The first-order valence-corrected chi connectivity index (χ1v) is 6.36. The van der Waals surface area contributed by atoms with Crippen LogP contribution in [0.15, 0.2) is 23.1 Å². The van der Waals surface area contributed by atoms with Crippen molar-refractivity contribution in [1.29, 1.82) is 0 Å². The third kappa shape index (κ3) is 1.66. The Labute approximate surface area is 91.5 Å². The van der Waals surface area contributed by atoms with Gasteiger partial charge >= 0.3 is 0 Å². The predicted octanol–water partition coefficient (Wildman–Crippen LogP) is 3.13. The summed E-state index contributed by atoms with van der Waals surface area (Å²) in [6, 6.07) is 4.86. The zero-order valence-electron chi connectivity index (χ0n) is 7.53. The quantitative estimate of drug-likeness (QED) is 0.601. The van der Waals surface area contributed by atoms with Crippen molar-refractivity contribution in [3.8, 4) is 0 Å².